The van der Waals surface area contributed by atoms with Crippen molar-refractivity contribution in [3.8, 4) is 11.5 Å². The second-order valence-corrected chi connectivity index (χ2v) is 9.55. The van der Waals surface area contributed by atoms with Gasteiger partial charge in [0.05, 0.1) is 31.7 Å². The van der Waals surface area contributed by atoms with Gasteiger partial charge in [-0.2, -0.15) is 4.31 Å². The van der Waals surface area contributed by atoms with Crippen molar-refractivity contribution >= 4 is 27.5 Å². The molecule has 0 aliphatic carbocycles. The lowest BCUT2D eigenvalue weighted by molar-refractivity contribution is -0.132. The lowest BCUT2D eigenvalue weighted by atomic mass is 10.0. The van der Waals surface area contributed by atoms with Gasteiger partial charge in [-0.3, -0.25) is 4.79 Å². The van der Waals surface area contributed by atoms with Gasteiger partial charge in [0.25, 0.3) is 0 Å². The van der Waals surface area contributed by atoms with Gasteiger partial charge in [-0.1, -0.05) is 11.6 Å². The maximum atomic E-state index is 13.1. The quantitative estimate of drug-likeness (QED) is 0.644. The molecular formula is C21H25ClN2O5S. The van der Waals surface area contributed by atoms with Crippen molar-refractivity contribution < 1.29 is 22.7 Å². The van der Waals surface area contributed by atoms with E-state index >= 15 is 0 Å². The Morgan fingerprint density at radius 3 is 2.50 bits per heavy atom. The number of halogens is 1. The summed E-state index contributed by atoms with van der Waals surface area (Å²) in [5.41, 5.74) is 0.853. The fraction of sp³-hybridized carbons (Fsp3) is 0.381. The molecule has 1 amide bonds. The topological polar surface area (TPSA) is 76.2 Å². The van der Waals surface area contributed by atoms with Crippen LogP contribution in [0.5, 0.6) is 11.5 Å². The summed E-state index contributed by atoms with van der Waals surface area (Å²) in [4.78, 5) is 14.9. The Labute approximate surface area is 182 Å². The first-order valence-corrected chi connectivity index (χ1v) is 11.3. The van der Waals surface area contributed by atoms with E-state index in [9.17, 15) is 13.2 Å². The first kappa shape index (κ1) is 22.4. The fourth-order valence-corrected chi connectivity index (χ4v) is 4.89. The van der Waals surface area contributed by atoms with E-state index < -0.39 is 10.0 Å². The Bertz CT molecular complexity index is 1010. The molecule has 1 aliphatic rings. The molecule has 9 heteroatoms. The minimum atomic E-state index is -3.80. The number of sulfonamides is 1. The van der Waals surface area contributed by atoms with E-state index in [1.54, 1.807) is 25.2 Å². The molecule has 7 nitrogen and oxygen atoms in total. The summed E-state index contributed by atoms with van der Waals surface area (Å²) >= 11 is 5.84. The lowest BCUT2D eigenvalue weighted by Crippen LogP contribution is -2.40. The number of hydrogen-bond acceptors (Lipinski definition) is 5. The highest BCUT2D eigenvalue weighted by molar-refractivity contribution is 7.89. The molecule has 0 aromatic heterocycles. The summed E-state index contributed by atoms with van der Waals surface area (Å²) in [7, 11) is 0.764. The first-order valence-electron chi connectivity index (χ1n) is 9.51. The lowest BCUT2D eigenvalue weighted by Gasteiger charge is -2.28. The number of nitrogens with zero attached hydrogens (tertiary/aromatic N) is 2. The van der Waals surface area contributed by atoms with Crippen molar-refractivity contribution in [1.82, 2.24) is 9.21 Å². The third-order valence-corrected chi connectivity index (χ3v) is 7.32. The van der Waals surface area contributed by atoms with Crippen LogP contribution in [0.2, 0.25) is 5.02 Å². The molecule has 1 fully saturated rings. The Hall–Kier alpha value is -2.29. The third kappa shape index (κ3) is 4.55. The van der Waals surface area contributed by atoms with Crippen LogP contribution in [0.3, 0.4) is 0 Å². The van der Waals surface area contributed by atoms with Crippen LogP contribution in [0.4, 0.5) is 0 Å². The molecular weight excluding hydrogens is 428 g/mol. The van der Waals surface area contributed by atoms with Crippen molar-refractivity contribution in [3.63, 3.8) is 0 Å². The predicted molar refractivity (Wildman–Crippen MR) is 115 cm³/mol. The molecule has 0 spiro atoms. The van der Waals surface area contributed by atoms with Crippen molar-refractivity contribution in [2.45, 2.75) is 23.8 Å². The normalized spacial score (nSPS) is 16.7. The van der Waals surface area contributed by atoms with Crippen LogP contribution in [0, 0.1) is 0 Å². The number of rotatable bonds is 7. The van der Waals surface area contributed by atoms with Crippen LogP contribution in [-0.4, -0.2) is 57.9 Å². The van der Waals surface area contributed by atoms with Gasteiger partial charge in [0.2, 0.25) is 15.9 Å². The molecule has 0 saturated carbocycles. The predicted octanol–water partition coefficient (Wildman–Crippen LogP) is 3.34. The van der Waals surface area contributed by atoms with E-state index in [1.807, 2.05) is 12.1 Å². The molecule has 1 atom stereocenters. The Balaban J connectivity index is 1.80. The summed E-state index contributed by atoms with van der Waals surface area (Å²) in [6, 6.07) is 11.2. The number of carbonyl (C=O) groups excluding carboxylic acids is 1. The average molecular weight is 453 g/mol. The van der Waals surface area contributed by atoms with E-state index in [0.717, 1.165) is 22.7 Å². The largest absolute Gasteiger partial charge is 0.497 e. The Kier molecular flexibility index (Phi) is 6.90. The molecule has 0 N–H and O–H groups in total. The van der Waals surface area contributed by atoms with Crippen LogP contribution in [0.25, 0.3) is 0 Å². The monoisotopic (exact) mass is 452 g/mol. The van der Waals surface area contributed by atoms with E-state index in [1.165, 1.54) is 31.3 Å². The summed E-state index contributed by atoms with van der Waals surface area (Å²) in [5, 5.41) is 0.444. The SMILES string of the molecule is COc1ccc(OC)c(C2CCCN2C(=O)CN(C)S(=O)(=O)c2ccc(Cl)cc2)c1. The second-order valence-electron chi connectivity index (χ2n) is 7.07. The van der Waals surface area contributed by atoms with Gasteiger partial charge >= 0.3 is 0 Å². The second kappa shape index (κ2) is 9.24. The molecule has 0 bridgehead atoms. The highest BCUT2D eigenvalue weighted by Gasteiger charge is 2.34. The zero-order valence-corrected chi connectivity index (χ0v) is 18.7. The number of carbonyl (C=O) groups is 1. The van der Waals surface area contributed by atoms with Crippen LogP contribution in [-0.2, 0) is 14.8 Å². The van der Waals surface area contributed by atoms with Gasteiger partial charge in [-0.15, -0.1) is 0 Å². The van der Waals surface area contributed by atoms with E-state index in [0.29, 0.717) is 23.1 Å². The molecule has 1 saturated heterocycles. The van der Waals surface area contributed by atoms with E-state index in [-0.39, 0.29) is 23.4 Å². The fourth-order valence-electron chi connectivity index (χ4n) is 3.64. The molecule has 1 aliphatic heterocycles. The van der Waals surface area contributed by atoms with E-state index in [2.05, 4.69) is 0 Å². The summed E-state index contributed by atoms with van der Waals surface area (Å²) < 4.78 is 37.5. The molecule has 30 heavy (non-hydrogen) atoms. The Morgan fingerprint density at radius 2 is 1.87 bits per heavy atom. The van der Waals surface area contributed by atoms with Gasteiger partial charge in [-0.25, -0.2) is 8.42 Å². The number of likely N-dealkylation sites (N-methyl/N-ethyl adjacent to an activating group) is 1. The number of amides is 1. The van der Waals surface area contributed by atoms with Crippen molar-refractivity contribution in [3.05, 3.63) is 53.1 Å². The average Bonchev–Trinajstić information content (AvgIpc) is 3.23. The minimum Gasteiger partial charge on any atom is -0.497 e. The van der Waals surface area contributed by atoms with Gasteiger partial charge in [0.15, 0.2) is 0 Å². The van der Waals surface area contributed by atoms with Crippen LogP contribution in [0.1, 0.15) is 24.4 Å². The zero-order valence-electron chi connectivity index (χ0n) is 17.2. The number of ether oxygens (including phenoxy) is 2. The third-order valence-electron chi connectivity index (χ3n) is 5.25. The number of hydrogen-bond donors (Lipinski definition) is 0. The molecule has 2 aromatic rings. The maximum Gasteiger partial charge on any atom is 0.243 e. The standard InChI is InChI=1S/C21H25ClN2O5S/c1-23(30(26,27)17-9-6-15(22)7-10-17)14-21(25)24-12-4-5-19(24)18-13-16(28-2)8-11-20(18)29-3/h6-11,13,19H,4-5,12,14H2,1-3H3. The van der Waals surface area contributed by atoms with Gasteiger partial charge < -0.3 is 14.4 Å². The minimum absolute atomic E-state index is 0.0923. The molecule has 1 heterocycles. The molecule has 2 aromatic carbocycles. The highest BCUT2D eigenvalue weighted by atomic mass is 35.5. The number of methoxy groups -OCH3 is 2. The highest BCUT2D eigenvalue weighted by Crippen LogP contribution is 2.39. The van der Waals surface area contributed by atoms with Crippen molar-refractivity contribution in [1.29, 1.82) is 0 Å². The van der Waals surface area contributed by atoms with Gasteiger partial charge in [0, 0.05) is 24.2 Å². The summed E-state index contributed by atoms with van der Waals surface area (Å²) in [6.07, 6.45) is 1.59. The number of benzene rings is 2. The maximum absolute atomic E-state index is 13.1. The van der Waals surface area contributed by atoms with Gasteiger partial charge in [0.1, 0.15) is 11.5 Å². The van der Waals surface area contributed by atoms with Crippen LogP contribution < -0.4 is 9.47 Å². The molecule has 1 unspecified atom stereocenters. The smallest absolute Gasteiger partial charge is 0.243 e. The van der Waals surface area contributed by atoms with Crippen LogP contribution >= 0.6 is 11.6 Å². The summed E-state index contributed by atoms with van der Waals surface area (Å²) in [6.45, 7) is 0.298. The number of likely N-dealkylation sites (tertiary alicyclic amines) is 1. The van der Waals surface area contributed by atoms with E-state index in [4.69, 9.17) is 21.1 Å². The van der Waals surface area contributed by atoms with Crippen molar-refractivity contribution in [2.75, 3.05) is 34.4 Å². The zero-order chi connectivity index (χ0) is 21.9. The molecule has 0 radical (unpaired) electrons. The molecule has 3 rings (SSSR count). The van der Waals surface area contributed by atoms with Crippen molar-refractivity contribution in [2.24, 2.45) is 0 Å². The Morgan fingerprint density at radius 1 is 1.17 bits per heavy atom. The summed E-state index contributed by atoms with van der Waals surface area (Å²) in [5.74, 6) is 1.08. The first-order chi connectivity index (χ1) is 14.3. The van der Waals surface area contributed by atoms with Crippen LogP contribution in [0.15, 0.2) is 47.4 Å². The van der Waals surface area contributed by atoms with Gasteiger partial charge in [-0.05, 0) is 55.3 Å². The molecule has 162 valence electrons.